The molecule has 10 heteroatoms. The second-order valence-corrected chi connectivity index (χ2v) is 10.0. The van der Waals surface area contributed by atoms with Crippen molar-refractivity contribution in [3.05, 3.63) is 53.1 Å². The van der Waals surface area contributed by atoms with Crippen LogP contribution >= 0.6 is 11.6 Å². The molecule has 3 atom stereocenters. The van der Waals surface area contributed by atoms with Gasteiger partial charge in [0, 0.05) is 24.0 Å². The predicted molar refractivity (Wildman–Crippen MR) is 124 cm³/mol. The van der Waals surface area contributed by atoms with Gasteiger partial charge in [-0.25, -0.2) is 8.42 Å². The fourth-order valence-electron chi connectivity index (χ4n) is 3.59. The Bertz CT molecular complexity index is 1060. The molecule has 3 rings (SSSR count). The van der Waals surface area contributed by atoms with Crippen LogP contribution in [0.4, 0.5) is 5.69 Å². The lowest BCUT2D eigenvalue weighted by Crippen LogP contribution is -2.49. The van der Waals surface area contributed by atoms with E-state index in [1.54, 1.807) is 37.1 Å². The number of carbonyl (C=O) groups excluding carboxylic acids is 1. The largest absolute Gasteiger partial charge is 0.486 e. The number of nitrogens with zero attached hydrogens (tertiary/aromatic N) is 1. The third-order valence-electron chi connectivity index (χ3n) is 5.46. The molecule has 0 saturated carbocycles. The van der Waals surface area contributed by atoms with Crippen molar-refractivity contribution in [2.24, 2.45) is 5.92 Å². The van der Waals surface area contributed by atoms with Crippen LogP contribution in [0.1, 0.15) is 24.2 Å². The van der Waals surface area contributed by atoms with E-state index in [4.69, 9.17) is 16.3 Å². The van der Waals surface area contributed by atoms with Gasteiger partial charge in [-0.2, -0.15) is 0 Å². The van der Waals surface area contributed by atoms with Crippen LogP contribution in [0.3, 0.4) is 0 Å². The van der Waals surface area contributed by atoms with Crippen LogP contribution in [0.25, 0.3) is 0 Å². The predicted octanol–water partition coefficient (Wildman–Crippen LogP) is 2.58. The van der Waals surface area contributed by atoms with E-state index < -0.39 is 16.1 Å². The zero-order valence-electron chi connectivity index (χ0n) is 18.2. The summed E-state index contributed by atoms with van der Waals surface area (Å²) in [5.41, 5.74) is 0.396. The molecule has 0 saturated heterocycles. The molecule has 0 radical (unpaired) electrons. The normalized spacial score (nSPS) is 20.0. The van der Waals surface area contributed by atoms with Crippen molar-refractivity contribution in [2.75, 3.05) is 31.5 Å². The van der Waals surface area contributed by atoms with E-state index in [2.05, 4.69) is 10.0 Å². The Hall–Kier alpha value is -2.33. The van der Waals surface area contributed by atoms with Gasteiger partial charge in [0.15, 0.2) is 5.75 Å². The molecule has 0 aromatic heterocycles. The molecule has 0 aliphatic carbocycles. The van der Waals surface area contributed by atoms with Crippen LogP contribution < -0.4 is 14.8 Å². The van der Waals surface area contributed by atoms with Gasteiger partial charge in [-0.1, -0.05) is 24.6 Å². The molecule has 0 spiro atoms. The molecule has 1 heterocycles. The summed E-state index contributed by atoms with van der Waals surface area (Å²) in [5.74, 6) is -0.240. The number of sulfonamides is 1. The lowest BCUT2D eigenvalue weighted by Gasteiger charge is -2.37. The minimum atomic E-state index is -3.95. The molecule has 32 heavy (non-hydrogen) atoms. The first kappa shape index (κ1) is 24.3. The highest BCUT2D eigenvalue weighted by molar-refractivity contribution is 7.92. The maximum Gasteiger partial charge on any atom is 0.262 e. The van der Waals surface area contributed by atoms with Crippen LogP contribution in [0.5, 0.6) is 5.75 Å². The maximum absolute atomic E-state index is 13.4. The highest BCUT2D eigenvalue weighted by Gasteiger charge is 2.34. The Kier molecular flexibility index (Phi) is 7.66. The molecule has 0 bridgehead atoms. The van der Waals surface area contributed by atoms with E-state index in [1.165, 1.54) is 24.3 Å². The molecular formula is C22H28ClN3O5S. The monoisotopic (exact) mass is 481 g/mol. The number of likely N-dealkylation sites (N-methyl/N-ethyl adjacent to an activating group) is 1. The minimum Gasteiger partial charge on any atom is -0.486 e. The summed E-state index contributed by atoms with van der Waals surface area (Å²) in [7, 11) is -2.15. The minimum absolute atomic E-state index is 0.0346. The van der Waals surface area contributed by atoms with Gasteiger partial charge >= 0.3 is 0 Å². The van der Waals surface area contributed by atoms with Gasteiger partial charge in [0.2, 0.25) is 0 Å². The number of halogens is 1. The number of benzene rings is 2. The van der Waals surface area contributed by atoms with Gasteiger partial charge in [0.1, 0.15) is 6.10 Å². The lowest BCUT2D eigenvalue weighted by atomic mass is 9.99. The Balaban J connectivity index is 2.08. The van der Waals surface area contributed by atoms with E-state index in [0.717, 1.165) is 0 Å². The quantitative estimate of drug-likeness (QED) is 0.561. The third-order valence-corrected chi connectivity index (χ3v) is 7.10. The summed E-state index contributed by atoms with van der Waals surface area (Å²) in [6, 6.07) is 10.1. The fraction of sp³-hybridized carbons (Fsp3) is 0.409. The average molecular weight is 482 g/mol. The van der Waals surface area contributed by atoms with Crippen molar-refractivity contribution in [1.82, 2.24) is 10.2 Å². The van der Waals surface area contributed by atoms with E-state index in [-0.39, 0.29) is 46.4 Å². The summed E-state index contributed by atoms with van der Waals surface area (Å²) in [4.78, 5) is 15.0. The van der Waals surface area contributed by atoms with Gasteiger partial charge in [-0.3, -0.25) is 9.52 Å². The molecule has 174 valence electrons. The number of amides is 1. The first-order valence-corrected chi connectivity index (χ1v) is 12.2. The zero-order chi connectivity index (χ0) is 23.5. The smallest absolute Gasteiger partial charge is 0.262 e. The van der Waals surface area contributed by atoms with Crippen LogP contribution in [-0.4, -0.2) is 63.2 Å². The highest BCUT2D eigenvalue weighted by atomic mass is 35.5. The number of anilines is 1. The number of ether oxygens (including phenoxy) is 1. The molecule has 3 N–H and O–H groups in total. The summed E-state index contributed by atoms with van der Waals surface area (Å²) < 4.78 is 34.7. The first-order valence-electron chi connectivity index (χ1n) is 10.3. The Morgan fingerprint density at radius 3 is 2.56 bits per heavy atom. The highest BCUT2D eigenvalue weighted by Crippen LogP contribution is 2.35. The Labute approximate surface area is 193 Å². The number of nitrogens with one attached hydrogen (secondary N) is 2. The fourth-order valence-corrected chi connectivity index (χ4v) is 4.77. The summed E-state index contributed by atoms with van der Waals surface area (Å²) in [6.07, 6.45) is -0.332. The number of aliphatic hydroxyl groups excluding tert-OH is 1. The number of carbonyl (C=O) groups is 1. The van der Waals surface area contributed by atoms with E-state index in [9.17, 15) is 18.3 Å². The van der Waals surface area contributed by atoms with E-state index in [0.29, 0.717) is 18.1 Å². The second kappa shape index (κ2) is 10.1. The van der Waals surface area contributed by atoms with Gasteiger partial charge in [-0.05, 0) is 50.4 Å². The van der Waals surface area contributed by atoms with Crippen molar-refractivity contribution in [1.29, 1.82) is 0 Å². The van der Waals surface area contributed by atoms with Gasteiger partial charge in [-0.15, -0.1) is 0 Å². The number of para-hydroxylation sites is 1. The van der Waals surface area contributed by atoms with Crippen LogP contribution in [-0.2, 0) is 10.0 Å². The lowest BCUT2D eigenvalue weighted by molar-refractivity contribution is 0.0417. The molecule has 1 amide bonds. The number of aliphatic hydroxyl groups is 1. The molecule has 2 aromatic carbocycles. The van der Waals surface area contributed by atoms with Gasteiger partial charge in [0.05, 0.1) is 28.8 Å². The Morgan fingerprint density at radius 2 is 1.94 bits per heavy atom. The van der Waals surface area contributed by atoms with Crippen molar-refractivity contribution in [3.8, 4) is 5.75 Å². The molecule has 1 aliphatic heterocycles. The average Bonchev–Trinajstić information content (AvgIpc) is 2.76. The molecule has 2 aromatic rings. The first-order chi connectivity index (χ1) is 15.2. The van der Waals surface area contributed by atoms with Crippen LogP contribution in [0.2, 0.25) is 5.02 Å². The number of hydrogen-bond donors (Lipinski definition) is 3. The van der Waals surface area contributed by atoms with Crippen molar-refractivity contribution in [3.63, 3.8) is 0 Å². The number of fused-ring (bicyclic) bond motifs is 1. The van der Waals surface area contributed by atoms with E-state index >= 15 is 0 Å². The molecular weight excluding hydrogens is 454 g/mol. The van der Waals surface area contributed by atoms with Gasteiger partial charge in [0.25, 0.3) is 15.9 Å². The summed E-state index contributed by atoms with van der Waals surface area (Å²) >= 11 is 5.88. The van der Waals surface area contributed by atoms with Crippen LogP contribution in [0, 0.1) is 5.92 Å². The van der Waals surface area contributed by atoms with Crippen molar-refractivity contribution >= 4 is 33.2 Å². The van der Waals surface area contributed by atoms with Crippen LogP contribution in [0.15, 0.2) is 47.4 Å². The third kappa shape index (κ3) is 5.17. The summed E-state index contributed by atoms with van der Waals surface area (Å²) in [6.45, 7) is 4.43. The number of rotatable bonds is 7. The van der Waals surface area contributed by atoms with Gasteiger partial charge < -0.3 is 20.1 Å². The summed E-state index contributed by atoms with van der Waals surface area (Å²) in [5, 5.41) is 13.2. The standard InChI is InChI=1S/C22H28ClN3O5S/c1-14-12-26(15(2)13-27)22(28)18-5-4-6-19(21(18)31-20(14)11-24-3)25-32(29,30)17-9-7-16(23)8-10-17/h4-10,14-15,20,24-25,27H,11-13H2,1-3H3/t14-,15-,20+/m1/s1. The second-order valence-electron chi connectivity index (χ2n) is 7.92. The van der Waals surface area contributed by atoms with Crippen molar-refractivity contribution < 1.29 is 23.1 Å². The topological polar surface area (TPSA) is 108 Å². The Morgan fingerprint density at radius 1 is 1.25 bits per heavy atom. The van der Waals surface area contributed by atoms with Crippen molar-refractivity contribution in [2.45, 2.75) is 30.9 Å². The zero-order valence-corrected chi connectivity index (χ0v) is 19.8. The molecule has 0 unspecified atom stereocenters. The SMILES string of the molecule is CNC[C@@H]1Oc2c(NS(=O)(=O)c3ccc(Cl)cc3)cccc2C(=O)N([C@H](C)CO)C[C@H]1C. The molecule has 1 aliphatic rings. The van der Waals surface area contributed by atoms with E-state index in [1.807, 2.05) is 6.92 Å². The molecule has 0 fully saturated rings. The molecule has 8 nitrogen and oxygen atoms in total. The number of hydrogen-bond acceptors (Lipinski definition) is 6. The maximum atomic E-state index is 13.4.